The van der Waals surface area contributed by atoms with E-state index in [2.05, 4.69) is 15.0 Å². The number of aromatic nitrogens is 4. The number of alkyl halides is 3. The standard InChI is InChI=1S/2C7H10ClN3O3.C5H6N2O2.C3H5ClO/c2*1-5-9-3-7(11(13)14)10(5)4-6(12)2-8;1-4-2-5(3-6-4)7(8)9;4-1-3-2-5-3/h2*3,6,12H,2,4H2,1H3;3H,2H2,1H3;3H,1-2H2/t2*6-;;3-/m11.1/s1. The molecule has 4 heterocycles. The van der Waals surface area contributed by atoms with Crippen molar-refractivity contribution in [2.45, 2.75) is 58.6 Å². The lowest BCUT2D eigenvalue weighted by Gasteiger charge is -2.06. The molecule has 1 saturated heterocycles. The Bertz CT molecular complexity index is 1200. The smallest absolute Gasteiger partial charge is 0.342 e. The molecule has 0 unspecified atom stereocenters. The van der Waals surface area contributed by atoms with Gasteiger partial charge in [-0.3, -0.25) is 15.1 Å². The van der Waals surface area contributed by atoms with Gasteiger partial charge in [0.2, 0.25) is 0 Å². The molecular formula is C22H31Cl3N8O9. The molecule has 0 spiro atoms. The number of imidazole rings is 2. The number of rotatable bonds is 10. The molecule has 2 aromatic heterocycles. The van der Waals surface area contributed by atoms with E-state index in [0.717, 1.165) is 24.7 Å². The Hall–Kier alpha value is -3.22. The van der Waals surface area contributed by atoms with Gasteiger partial charge in [-0.05, 0) is 16.8 Å². The summed E-state index contributed by atoms with van der Waals surface area (Å²) in [7, 11) is 0. The van der Waals surface area contributed by atoms with Crippen molar-refractivity contribution >= 4 is 52.2 Å². The van der Waals surface area contributed by atoms with Crippen LogP contribution in [0.2, 0.25) is 0 Å². The molecular weight excluding hydrogens is 627 g/mol. The second-order valence-corrected chi connectivity index (χ2v) is 9.63. The summed E-state index contributed by atoms with van der Waals surface area (Å²) in [5, 5.41) is 49.6. The van der Waals surface area contributed by atoms with E-state index in [4.69, 9.17) is 39.5 Å². The molecule has 1 fully saturated rings. The zero-order chi connectivity index (χ0) is 32.0. The summed E-state index contributed by atoms with van der Waals surface area (Å²) in [6.45, 7) is 6.09. The first-order chi connectivity index (χ1) is 19.7. The van der Waals surface area contributed by atoms with Gasteiger partial charge in [0.25, 0.3) is 5.70 Å². The lowest BCUT2D eigenvalue weighted by Crippen LogP contribution is -2.19. The summed E-state index contributed by atoms with van der Waals surface area (Å²) in [4.78, 5) is 40.9. The molecule has 2 aliphatic rings. The van der Waals surface area contributed by atoms with Crippen molar-refractivity contribution in [3.8, 4) is 0 Å². The number of aryl methyl sites for hydroxylation is 2. The van der Waals surface area contributed by atoms with Crippen LogP contribution >= 0.6 is 34.8 Å². The van der Waals surface area contributed by atoms with Crippen LogP contribution < -0.4 is 0 Å². The first-order valence-electron chi connectivity index (χ1n) is 12.1. The molecule has 0 amide bonds. The number of aliphatic imine (C=N–C) groups is 1. The Kier molecular flexibility index (Phi) is 16.1. The van der Waals surface area contributed by atoms with Gasteiger partial charge in [0.15, 0.2) is 11.6 Å². The van der Waals surface area contributed by atoms with Crippen LogP contribution in [0.5, 0.6) is 0 Å². The summed E-state index contributed by atoms with van der Waals surface area (Å²) in [5.41, 5.74) is 0.995. The van der Waals surface area contributed by atoms with Crippen LogP contribution in [0.1, 0.15) is 25.0 Å². The van der Waals surface area contributed by atoms with Crippen molar-refractivity contribution in [3.05, 3.63) is 66.3 Å². The van der Waals surface area contributed by atoms with E-state index in [1.807, 2.05) is 0 Å². The topological polar surface area (TPSA) is 230 Å². The monoisotopic (exact) mass is 656 g/mol. The number of halogens is 3. The second kappa shape index (κ2) is 18.3. The van der Waals surface area contributed by atoms with Crippen LogP contribution in [0.3, 0.4) is 0 Å². The van der Waals surface area contributed by atoms with Gasteiger partial charge in [0.05, 0.1) is 41.7 Å². The largest absolute Gasteiger partial charge is 0.388 e. The van der Waals surface area contributed by atoms with E-state index in [1.165, 1.54) is 15.3 Å². The number of aliphatic hydroxyl groups excluding tert-OH is 2. The summed E-state index contributed by atoms with van der Waals surface area (Å²) in [6.07, 6.45) is 2.82. The van der Waals surface area contributed by atoms with Gasteiger partial charge in [0, 0.05) is 19.6 Å². The molecule has 20 heteroatoms. The van der Waals surface area contributed by atoms with Gasteiger partial charge in [0.1, 0.15) is 43.9 Å². The third kappa shape index (κ3) is 12.7. The fourth-order valence-electron chi connectivity index (χ4n) is 2.98. The van der Waals surface area contributed by atoms with E-state index in [0.29, 0.717) is 30.1 Å². The van der Waals surface area contributed by atoms with Crippen LogP contribution in [0.25, 0.3) is 0 Å². The van der Waals surface area contributed by atoms with Crippen molar-refractivity contribution in [2.75, 3.05) is 24.2 Å². The minimum atomic E-state index is -0.803. The van der Waals surface area contributed by atoms with Gasteiger partial charge in [-0.2, -0.15) is 0 Å². The van der Waals surface area contributed by atoms with Gasteiger partial charge in [-0.25, -0.2) is 19.1 Å². The molecule has 2 aromatic rings. The van der Waals surface area contributed by atoms with Crippen LogP contribution in [0.4, 0.5) is 11.6 Å². The number of epoxide rings is 1. The van der Waals surface area contributed by atoms with Crippen molar-refractivity contribution in [1.82, 2.24) is 19.1 Å². The van der Waals surface area contributed by atoms with Gasteiger partial charge >= 0.3 is 11.6 Å². The normalized spacial score (nSPS) is 16.2. The molecule has 17 nitrogen and oxygen atoms in total. The number of nitrogens with zero attached hydrogens (tertiary/aromatic N) is 8. The Balaban J connectivity index is 0.000000296. The highest BCUT2D eigenvalue weighted by Crippen LogP contribution is 2.15. The highest BCUT2D eigenvalue weighted by molar-refractivity contribution is 6.18. The number of hydrogen-bond donors (Lipinski definition) is 2. The molecule has 0 saturated carbocycles. The minimum Gasteiger partial charge on any atom is -0.388 e. The summed E-state index contributed by atoms with van der Waals surface area (Å²) < 4.78 is 7.38. The summed E-state index contributed by atoms with van der Waals surface area (Å²) >= 11 is 16.1. The average Bonchev–Trinajstić information content (AvgIpc) is 3.42. The fraction of sp³-hybridized carbons (Fsp3) is 0.591. The SMILES string of the molecule is CC1=NC=C([N+](=O)[O-])C1.Cc1ncc([N+](=O)[O-])n1C[C@H](O)CCl.Cc1ncc([N+](=O)[O-])n1C[C@H](O)CCl.ClC[C@@H]1CO1. The zero-order valence-electron chi connectivity index (χ0n) is 22.9. The maximum atomic E-state index is 10.5. The highest BCUT2D eigenvalue weighted by atomic mass is 35.5. The maximum absolute atomic E-state index is 10.5. The molecule has 42 heavy (non-hydrogen) atoms. The number of nitro groups is 3. The number of allylic oxidation sites excluding steroid dienone is 1. The predicted molar refractivity (Wildman–Crippen MR) is 154 cm³/mol. The number of ether oxygens (including phenoxy) is 1. The number of hydrogen-bond acceptors (Lipinski definition) is 12. The van der Waals surface area contributed by atoms with E-state index in [1.54, 1.807) is 20.8 Å². The lowest BCUT2D eigenvalue weighted by atomic mass is 10.3. The van der Waals surface area contributed by atoms with E-state index < -0.39 is 27.0 Å². The molecule has 0 bridgehead atoms. The molecule has 4 rings (SSSR count). The Labute approximate surface area is 254 Å². The Morgan fingerprint density at radius 2 is 1.33 bits per heavy atom. The summed E-state index contributed by atoms with van der Waals surface area (Å²) in [6, 6.07) is 0. The fourth-order valence-corrected chi connectivity index (χ4v) is 3.35. The molecule has 234 valence electrons. The highest BCUT2D eigenvalue weighted by Gasteiger charge is 2.21. The van der Waals surface area contributed by atoms with Crippen molar-refractivity contribution in [1.29, 1.82) is 0 Å². The van der Waals surface area contributed by atoms with Crippen molar-refractivity contribution < 1.29 is 29.7 Å². The Morgan fingerprint density at radius 1 is 0.905 bits per heavy atom. The van der Waals surface area contributed by atoms with E-state index in [-0.39, 0.29) is 42.2 Å². The molecule has 0 radical (unpaired) electrons. The number of aliphatic hydroxyl groups is 2. The van der Waals surface area contributed by atoms with Crippen LogP contribution in [-0.4, -0.2) is 92.4 Å². The molecule has 3 atom stereocenters. The van der Waals surface area contributed by atoms with Crippen LogP contribution in [-0.2, 0) is 17.8 Å². The third-order valence-corrected chi connectivity index (χ3v) is 6.32. The summed E-state index contributed by atoms with van der Waals surface area (Å²) in [5.74, 6) is 1.45. The molecule has 2 aliphatic heterocycles. The zero-order valence-corrected chi connectivity index (χ0v) is 25.1. The van der Waals surface area contributed by atoms with Crippen molar-refractivity contribution in [3.63, 3.8) is 0 Å². The van der Waals surface area contributed by atoms with Crippen LogP contribution in [0.15, 0.2) is 29.3 Å². The Morgan fingerprint density at radius 3 is 1.55 bits per heavy atom. The average molecular weight is 658 g/mol. The van der Waals surface area contributed by atoms with E-state index in [9.17, 15) is 40.6 Å². The van der Waals surface area contributed by atoms with Crippen molar-refractivity contribution in [2.24, 2.45) is 4.99 Å². The first kappa shape index (κ1) is 36.8. The minimum absolute atomic E-state index is 0.0365. The van der Waals surface area contributed by atoms with Gasteiger partial charge in [-0.1, -0.05) is 0 Å². The van der Waals surface area contributed by atoms with Crippen LogP contribution in [0, 0.1) is 44.2 Å². The lowest BCUT2D eigenvalue weighted by molar-refractivity contribution is -0.425. The quantitative estimate of drug-likeness (QED) is 0.163. The first-order valence-corrected chi connectivity index (χ1v) is 13.7. The third-order valence-electron chi connectivity index (χ3n) is 5.26. The maximum Gasteiger partial charge on any atom is 0.342 e. The predicted octanol–water partition coefficient (Wildman–Crippen LogP) is 2.99. The molecule has 0 aliphatic carbocycles. The second-order valence-electron chi connectivity index (χ2n) is 8.71. The molecule has 0 aromatic carbocycles. The molecule has 2 N–H and O–H groups in total. The van der Waals surface area contributed by atoms with E-state index >= 15 is 0 Å². The van der Waals surface area contributed by atoms with Gasteiger partial charge in [-0.15, -0.1) is 34.8 Å². The van der Waals surface area contributed by atoms with Gasteiger partial charge < -0.3 is 35.2 Å².